The van der Waals surface area contributed by atoms with Gasteiger partial charge in [-0.05, 0) is 38.8 Å². The van der Waals surface area contributed by atoms with E-state index in [2.05, 4.69) is 36.3 Å². The minimum absolute atomic E-state index is 0.453. The monoisotopic (exact) mass is 267 g/mol. The highest BCUT2D eigenvalue weighted by Gasteiger charge is 2.16. The van der Waals surface area contributed by atoms with E-state index in [-0.39, 0.29) is 0 Å². The number of hydrogen-bond acceptors (Lipinski definition) is 4. The molecule has 0 amide bonds. The van der Waals surface area contributed by atoms with Gasteiger partial charge in [0.05, 0.1) is 0 Å². The second-order valence-corrected chi connectivity index (χ2v) is 5.16. The lowest BCUT2D eigenvalue weighted by Gasteiger charge is -2.09. The van der Waals surface area contributed by atoms with E-state index in [0.717, 1.165) is 50.6 Å². The Balaban J connectivity index is 2.37. The van der Waals surface area contributed by atoms with Crippen LogP contribution in [0.3, 0.4) is 0 Å². The Morgan fingerprint density at radius 1 is 1.00 bits per heavy atom. The average molecular weight is 267 g/mol. The molecule has 0 saturated carbocycles. The summed E-state index contributed by atoms with van der Waals surface area (Å²) in [6, 6.07) is 0. The van der Waals surface area contributed by atoms with Gasteiger partial charge in [-0.15, -0.1) is 10.2 Å². The fourth-order valence-corrected chi connectivity index (χ4v) is 2.29. The van der Waals surface area contributed by atoms with Gasteiger partial charge in [0.2, 0.25) is 11.8 Å². The van der Waals surface area contributed by atoms with E-state index in [0.29, 0.717) is 5.92 Å². The van der Waals surface area contributed by atoms with Crippen molar-refractivity contribution in [2.75, 3.05) is 13.1 Å². The minimum Gasteiger partial charge on any atom is -0.425 e. The third kappa shape index (κ3) is 6.19. The highest BCUT2D eigenvalue weighted by molar-refractivity contribution is 4.91. The molecule has 0 saturated heterocycles. The molecule has 0 atom stereocenters. The van der Waals surface area contributed by atoms with Crippen molar-refractivity contribution in [2.24, 2.45) is 0 Å². The summed E-state index contributed by atoms with van der Waals surface area (Å²) < 4.78 is 5.81. The number of nitrogens with one attached hydrogen (secondary N) is 1. The summed E-state index contributed by atoms with van der Waals surface area (Å²) in [5, 5.41) is 11.8. The molecule has 4 nitrogen and oxygen atoms in total. The molecule has 1 heterocycles. The van der Waals surface area contributed by atoms with Crippen molar-refractivity contribution < 1.29 is 4.42 Å². The van der Waals surface area contributed by atoms with Crippen LogP contribution in [0.15, 0.2) is 4.42 Å². The van der Waals surface area contributed by atoms with Crippen LogP contribution >= 0.6 is 0 Å². The first-order valence-electron chi connectivity index (χ1n) is 7.84. The molecule has 0 bridgehead atoms. The van der Waals surface area contributed by atoms with Gasteiger partial charge in [0.15, 0.2) is 0 Å². The molecule has 0 spiro atoms. The molecular weight excluding hydrogens is 238 g/mol. The van der Waals surface area contributed by atoms with E-state index in [1.54, 1.807) is 0 Å². The molecule has 0 aliphatic rings. The molecule has 19 heavy (non-hydrogen) atoms. The minimum atomic E-state index is 0.453. The van der Waals surface area contributed by atoms with Crippen LogP contribution < -0.4 is 5.32 Å². The Labute approximate surface area is 117 Å². The first-order chi connectivity index (χ1) is 9.31. The Morgan fingerprint density at radius 2 is 1.74 bits per heavy atom. The number of hydrogen-bond donors (Lipinski definition) is 1. The molecular formula is C15H29N3O. The molecule has 0 aliphatic carbocycles. The smallest absolute Gasteiger partial charge is 0.219 e. The van der Waals surface area contributed by atoms with Gasteiger partial charge in [0, 0.05) is 12.3 Å². The maximum Gasteiger partial charge on any atom is 0.219 e. The molecule has 4 heteroatoms. The van der Waals surface area contributed by atoms with Gasteiger partial charge in [-0.3, -0.25) is 0 Å². The summed E-state index contributed by atoms with van der Waals surface area (Å²) in [6.07, 6.45) is 7.76. The number of aryl methyl sites for hydroxylation is 1. The van der Waals surface area contributed by atoms with Crippen LogP contribution in [-0.4, -0.2) is 23.3 Å². The molecule has 0 fully saturated rings. The first-order valence-corrected chi connectivity index (χ1v) is 7.84. The van der Waals surface area contributed by atoms with Gasteiger partial charge in [-0.2, -0.15) is 0 Å². The summed E-state index contributed by atoms with van der Waals surface area (Å²) >= 11 is 0. The topological polar surface area (TPSA) is 51.0 Å². The van der Waals surface area contributed by atoms with Gasteiger partial charge < -0.3 is 9.73 Å². The second kappa shape index (κ2) is 9.96. The van der Waals surface area contributed by atoms with Crippen LogP contribution in [-0.2, 0) is 6.42 Å². The van der Waals surface area contributed by atoms with Crippen LogP contribution in [0.25, 0.3) is 0 Å². The SMILES string of the molecule is CCCNCCCc1nnc(C(CCC)CCC)o1. The number of nitrogens with zero attached hydrogens (tertiary/aromatic N) is 2. The van der Waals surface area contributed by atoms with E-state index in [4.69, 9.17) is 4.42 Å². The molecule has 0 aliphatic heterocycles. The summed E-state index contributed by atoms with van der Waals surface area (Å²) in [4.78, 5) is 0. The van der Waals surface area contributed by atoms with Gasteiger partial charge in [0.25, 0.3) is 0 Å². The fraction of sp³-hybridized carbons (Fsp3) is 0.867. The zero-order valence-corrected chi connectivity index (χ0v) is 12.7. The summed E-state index contributed by atoms with van der Waals surface area (Å²) in [6.45, 7) is 8.71. The van der Waals surface area contributed by atoms with Crippen molar-refractivity contribution in [2.45, 2.75) is 71.6 Å². The predicted octanol–water partition coefficient (Wildman–Crippen LogP) is 3.69. The highest BCUT2D eigenvalue weighted by atomic mass is 16.4. The van der Waals surface area contributed by atoms with Crippen molar-refractivity contribution in [3.8, 4) is 0 Å². The summed E-state index contributed by atoms with van der Waals surface area (Å²) in [7, 11) is 0. The second-order valence-electron chi connectivity index (χ2n) is 5.16. The predicted molar refractivity (Wildman–Crippen MR) is 78.3 cm³/mol. The molecule has 0 unspecified atom stereocenters. The molecule has 0 radical (unpaired) electrons. The Hall–Kier alpha value is -0.900. The fourth-order valence-electron chi connectivity index (χ4n) is 2.29. The van der Waals surface area contributed by atoms with Crippen molar-refractivity contribution in [3.05, 3.63) is 11.8 Å². The van der Waals surface area contributed by atoms with Crippen LogP contribution in [0, 0.1) is 0 Å². The lowest BCUT2D eigenvalue weighted by molar-refractivity contribution is 0.385. The average Bonchev–Trinajstić information content (AvgIpc) is 2.87. The zero-order valence-electron chi connectivity index (χ0n) is 12.7. The van der Waals surface area contributed by atoms with Gasteiger partial charge >= 0.3 is 0 Å². The molecule has 1 rings (SSSR count). The largest absolute Gasteiger partial charge is 0.425 e. The lowest BCUT2D eigenvalue weighted by atomic mass is 9.98. The first kappa shape index (κ1) is 16.2. The van der Waals surface area contributed by atoms with Crippen LogP contribution in [0.2, 0.25) is 0 Å². The summed E-state index contributed by atoms with van der Waals surface area (Å²) in [5.41, 5.74) is 0. The number of rotatable bonds is 11. The van der Waals surface area contributed by atoms with E-state index in [1.807, 2.05) is 0 Å². The van der Waals surface area contributed by atoms with Crippen molar-refractivity contribution in [1.82, 2.24) is 15.5 Å². The third-order valence-corrected chi connectivity index (χ3v) is 3.28. The molecule has 1 N–H and O–H groups in total. The zero-order chi connectivity index (χ0) is 13.9. The van der Waals surface area contributed by atoms with Gasteiger partial charge in [-0.25, -0.2) is 0 Å². The lowest BCUT2D eigenvalue weighted by Crippen LogP contribution is -2.16. The van der Waals surface area contributed by atoms with E-state index >= 15 is 0 Å². The Morgan fingerprint density at radius 3 is 2.37 bits per heavy atom. The maximum absolute atomic E-state index is 5.81. The highest BCUT2D eigenvalue weighted by Crippen LogP contribution is 2.25. The van der Waals surface area contributed by atoms with Gasteiger partial charge in [-0.1, -0.05) is 33.6 Å². The molecule has 1 aromatic rings. The third-order valence-electron chi connectivity index (χ3n) is 3.28. The normalized spacial score (nSPS) is 11.4. The maximum atomic E-state index is 5.81. The van der Waals surface area contributed by atoms with Crippen molar-refractivity contribution >= 4 is 0 Å². The standard InChI is InChI=1S/C15H29N3O/c1-4-8-13(9-5-2)15-18-17-14(19-15)10-7-12-16-11-6-3/h13,16H,4-12H2,1-3H3. The van der Waals surface area contributed by atoms with E-state index in [1.165, 1.54) is 19.3 Å². The molecule has 110 valence electrons. The van der Waals surface area contributed by atoms with Gasteiger partial charge in [0.1, 0.15) is 0 Å². The quantitative estimate of drug-likeness (QED) is 0.621. The Bertz CT molecular complexity index is 319. The van der Waals surface area contributed by atoms with E-state index < -0.39 is 0 Å². The Kier molecular flexibility index (Phi) is 8.47. The molecule has 0 aromatic carbocycles. The molecule has 1 aromatic heterocycles. The van der Waals surface area contributed by atoms with Crippen LogP contribution in [0.4, 0.5) is 0 Å². The van der Waals surface area contributed by atoms with Crippen molar-refractivity contribution in [3.63, 3.8) is 0 Å². The van der Waals surface area contributed by atoms with Crippen LogP contribution in [0.5, 0.6) is 0 Å². The van der Waals surface area contributed by atoms with E-state index in [9.17, 15) is 0 Å². The summed E-state index contributed by atoms with van der Waals surface area (Å²) in [5.74, 6) is 2.10. The number of aromatic nitrogens is 2. The van der Waals surface area contributed by atoms with Crippen molar-refractivity contribution in [1.29, 1.82) is 0 Å². The van der Waals surface area contributed by atoms with Crippen LogP contribution in [0.1, 0.15) is 77.0 Å².